The molecular weight excluding hydrogens is 198 g/mol. The summed E-state index contributed by atoms with van der Waals surface area (Å²) < 4.78 is 12.9. The minimum atomic E-state index is -0.245. The summed E-state index contributed by atoms with van der Waals surface area (Å²) in [7, 11) is -0.245. The molecule has 0 atom stereocenters. The molecule has 0 bridgehead atoms. The van der Waals surface area contributed by atoms with Crippen LogP contribution in [-0.4, -0.2) is 7.28 Å². The van der Waals surface area contributed by atoms with E-state index in [9.17, 15) is 4.39 Å². The van der Waals surface area contributed by atoms with Gasteiger partial charge in [0.1, 0.15) is 5.82 Å². The van der Waals surface area contributed by atoms with Gasteiger partial charge in [0.2, 0.25) is 0 Å². The minimum absolute atomic E-state index is 0. The van der Waals surface area contributed by atoms with Crippen molar-refractivity contribution in [1.82, 2.24) is 0 Å². The summed E-state index contributed by atoms with van der Waals surface area (Å²) in [5.41, 5.74) is 2.53. The smallest absolute Gasteiger partial charge is 0.120 e. The Morgan fingerprint density at radius 1 is 0.938 bits per heavy atom. The SMILES string of the molecule is C.Fc1cccc([BH2-]Cc2ccccc2)c1. The van der Waals surface area contributed by atoms with Crippen LogP contribution in [0.2, 0.25) is 0 Å². The molecule has 0 heterocycles. The maximum absolute atomic E-state index is 12.9. The van der Waals surface area contributed by atoms with Crippen molar-refractivity contribution in [2.45, 2.75) is 13.7 Å². The van der Waals surface area contributed by atoms with Crippen LogP contribution in [0.4, 0.5) is 4.39 Å². The fourth-order valence-electron chi connectivity index (χ4n) is 1.95. The van der Waals surface area contributed by atoms with Crippen molar-refractivity contribution >= 4 is 12.7 Å². The van der Waals surface area contributed by atoms with E-state index in [-0.39, 0.29) is 20.5 Å². The summed E-state index contributed by atoms with van der Waals surface area (Å²) in [5.74, 6) is -0.121. The first-order chi connectivity index (χ1) is 7.34. The van der Waals surface area contributed by atoms with Crippen molar-refractivity contribution in [1.29, 1.82) is 0 Å². The van der Waals surface area contributed by atoms with Gasteiger partial charge in [0.15, 0.2) is 0 Å². The Bertz CT molecular complexity index is 426. The predicted molar refractivity (Wildman–Crippen MR) is 71.5 cm³/mol. The maximum atomic E-state index is 12.9. The quantitative estimate of drug-likeness (QED) is 0.690. The van der Waals surface area contributed by atoms with Crippen LogP contribution < -0.4 is 5.46 Å². The fourth-order valence-corrected chi connectivity index (χ4v) is 1.95. The van der Waals surface area contributed by atoms with Crippen molar-refractivity contribution in [3.8, 4) is 0 Å². The second-order valence-corrected chi connectivity index (χ2v) is 3.99. The van der Waals surface area contributed by atoms with Gasteiger partial charge in [-0.1, -0.05) is 61.5 Å². The lowest BCUT2D eigenvalue weighted by Gasteiger charge is -2.07. The summed E-state index contributed by atoms with van der Waals surface area (Å²) in [6.07, 6.45) is 1.09. The van der Waals surface area contributed by atoms with E-state index in [2.05, 4.69) is 12.1 Å². The standard InChI is InChI=1S/C13H13BF.CH4/c15-13-8-4-7-12(9-13)14-10-11-5-2-1-3-6-11;/h1-9H,10,14H2;1H4/q-1;. The van der Waals surface area contributed by atoms with Gasteiger partial charge >= 0.3 is 0 Å². The van der Waals surface area contributed by atoms with Crippen LogP contribution >= 0.6 is 0 Å². The van der Waals surface area contributed by atoms with E-state index in [1.165, 1.54) is 17.1 Å². The van der Waals surface area contributed by atoms with E-state index in [1.807, 2.05) is 24.3 Å². The largest absolute Gasteiger partial charge is 0.214 e. The number of hydrogen-bond acceptors (Lipinski definition) is 0. The molecule has 0 unspecified atom stereocenters. The molecule has 0 fully saturated rings. The second kappa shape index (κ2) is 6.11. The molecule has 0 saturated carbocycles. The predicted octanol–water partition coefficient (Wildman–Crippen LogP) is 2.46. The number of hydrogen-bond donors (Lipinski definition) is 0. The van der Waals surface area contributed by atoms with Gasteiger partial charge in [-0.2, -0.15) is 6.32 Å². The van der Waals surface area contributed by atoms with E-state index >= 15 is 0 Å². The van der Waals surface area contributed by atoms with Gasteiger partial charge in [-0.15, -0.1) is 0 Å². The molecule has 0 nitrogen and oxygen atoms in total. The monoisotopic (exact) mass is 215 g/mol. The van der Waals surface area contributed by atoms with Crippen LogP contribution in [0, 0.1) is 5.82 Å². The molecule has 2 heteroatoms. The minimum Gasteiger partial charge on any atom is -0.214 e. The van der Waals surface area contributed by atoms with Gasteiger partial charge in [0.25, 0.3) is 0 Å². The number of halogens is 1. The molecule has 0 aromatic heterocycles. The van der Waals surface area contributed by atoms with E-state index in [0.717, 1.165) is 6.32 Å². The molecule has 0 aliphatic carbocycles. The zero-order chi connectivity index (χ0) is 10.5. The molecule has 0 saturated heterocycles. The van der Waals surface area contributed by atoms with Gasteiger partial charge in [0, 0.05) is 7.28 Å². The summed E-state index contributed by atoms with van der Waals surface area (Å²) in [4.78, 5) is 0. The molecular formula is C14H17BF-. The first-order valence-corrected chi connectivity index (χ1v) is 5.48. The summed E-state index contributed by atoms with van der Waals surface area (Å²) >= 11 is 0. The molecule has 2 aromatic rings. The summed E-state index contributed by atoms with van der Waals surface area (Å²) in [6.45, 7) is 0. The van der Waals surface area contributed by atoms with E-state index in [0.29, 0.717) is 0 Å². The Hall–Kier alpha value is -1.57. The molecule has 2 rings (SSSR count). The molecule has 84 valence electrons. The lowest BCUT2D eigenvalue weighted by atomic mass is 9.65. The summed E-state index contributed by atoms with van der Waals surface area (Å²) in [6, 6.07) is 17.3. The third kappa shape index (κ3) is 3.54. The van der Waals surface area contributed by atoms with Crippen molar-refractivity contribution in [3.05, 3.63) is 66.0 Å². The van der Waals surface area contributed by atoms with E-state index in [1.54, 1.807) is 12.1 Å². The highest BCUT2D eigenvalue weighted by Gasteiger charge is 1.91. The zero-order valence-electron chi connectivity index (χ0n) is 8.78. The Kier molecular flexibility index (Phi) is 4.78. The molecule has 16 heavy (non-hydrogen) atoms. The van der Waals surface area contributed by atoms with E-state index in [4.69, 9.17) is 0 Å². The molecule has 2 aromatic carbocycles. The topological polar surface area (TPSA) is 0 Å². The molecule has 0 radical (unpaired) electrons. The van der Waals surface area contributed by atoms with Gasteiger partial charge < -0.3 is 0 Å². The van der Waals surface area contributed by atoms with Gasteiger partial charge in [0.05, 0.1) is 0 Å². The number of rotatable bonds is 3. The molecule has 0 N–H and O–H groups in total. The molecule has 0 amide bonds. The fraction of sp³-hybridized carbons (Fsp3) is 0.143. The van der Waals surface area contributed by atoms with Crippen LogP contribution in [0.15, 0.2) is 54.6 Å². The van der Waals surface area contributed by atoms with Crippen LogP contribution in [0.1, 0.15) is 13.0 Å². The van der Waals surface area contributed by atoms with Gasteiger partial charge in [-0.25, -0.2) is 9.85 Å². The van der Waals surface area contributed by atoms with Crippen LogP contribution in [0.3, 0.4) is 0 Å². The first kappa shape index (κ1) is 12.5. The highest BCUT2D eigenvalue weighted by atomic mass is 19.1. The molecule has 0 spiro atoms. The molecule has 0 aliphatic heterocycles. The lowest BCUT2D eigenvalue weighted by Crippen LogP contribution is -2.16. The average Bonchev–Trinajstić information content (AvgIpc) is 2.28. The highest BCUT2D eigenvalue weighted by Crippen LogP contribution is 1.99. The van der Waals surface area contributed by atoms with Crippen LogP contribution in [0.25, 0.3) is 0 Å². The van der Waals surface area contributed by atoms with E-state index < -0.39 is 0 Å². The van der Waals surface area contributed by atoms with Crippen molar-refractivity contribution in [2.24, 2.45) is 0 Å². The van der Waals surface area contributed by atoms with Crippen LogP contribution in [-0.2, 0) is 6.32 Å². The normalized spacial score (nSPS) is 9.56. The summed E-state index contributed by atoms with van der Waals surface area (Å²) in [5, 5.41) is 0. The Balaban J connectivity index is 0.00000128. The Labute approximate surface area is 97.4 Å². The second-order valence-electron chi connectivity index (χ2n) is 3.99. The lowest BCUT2D eigenvalue weighted by molar-refractivity contribution is 0.629. The van der Waals surface area contributed by atoms with Gasteiger partial charge in [-0.3, -0.25) is 0 Å². The molecule has 0 aliphatic rings. The Morgan fingerprint density at radius 3 is 2.38 bits per heavy atom. The van der Waals surface area contributed by atoms with Crippen LogP contribution in [0.5, 0.6) is 0 Å². The maximum Gasteiger partial charge on any atom is 0.120 e. The highest BCUT2D eigenvalue weighted by molar-refractivity contribution is 6.52. The third-order valence-electron chi connectivity index (χ3n) is 2.82. The number of benzene rings is 2. The zero-order valence-corrected chi connectivity index (χ0v) is 8.78. The first-order valence-electron chi connectivity index (χ1n) is 5.48. The van der Waals surface area contributed by atoms with Crippen molar-refractivity contribution in [3.63, 3.8) is 0 Å². The van der Waals surface area contributed by atoms with Gasteiger partial charge in [-0.05, 0) is 6.07 Å². The van der Waals surface area contributed by atoms with Crippen molar-refractivity contribution in [2.75, 3.05) is 0 Å². The third-order valence-corrected chi connectivity index (χ3v) is 2.82. The average molecular weight is 215 g/mol. The van der Waals surface area contributed by atoms with Crippen molar-refractivity contribution < 1.29 is 4.39 Å². The Morgan fingerprint density at radius 2 is 1.69 bits per heavy atom.